The van der Waals surface area contributed by atoms with Crippen LogP contribution in [0.4, 0.5) is 0 Å². The average molecular weight is 357 g/mol. The molecule has 24 heavy (non-hydrogen) atoms. The van der Waals surface area contributed by atoms with Gasteiger partial charge in [0.05, 0.1) is 4.90 Å². The first-order valence-corrected chi connectivity index (χ1v) is 9.01. The Bertz CT molecular complexity index is 644. The first-order chi connectivity index (χ1) is 11.3. The summed E-state index contributed by atoms with van der Waals surface area (Å²) in [5.74, 6) is -0.693. The third kappa shape index (κ3) is 8.04. The number of primary sulfonamides is 1. The fourth-order valence-electron chi connectivity index (χ4n) is 1.91. The van der Waals surface area contributed by atoms with Gasteiger partial charge in [-0.25, -0.2) is 13.6 Å². The average Bonchev–Trinajstić information content (AvgIpc) is 2.51. The number of sulfonamides is 1. The van der Waals surface area contributed by atoms with Crippen molar-refractivity contribution in [3.05, 3.63) is 29.8 Å². The molecule has 0 aromatic heterocycles. The maximum atomic E-state index is 11.6. The summed E-state index contributed by atoms with van der Waals surface area (Å²) in [4.78, 5) is 23.2. The predicted molar refractivity (Wildman–Crippen MR) is 88.6 cm³/mol. The molecule has 0 radical (unpaired) electrons. The van der Waals surface area contributed by atoms with E-state index in [0.29, 0.717) is 32.5 Å². The van der Waals surface area contributed by atoms with Crippen molar-refractivity contribution in [3.8, 4) is 0 Å². The highest BCUT2D eigenvalue weighted by atomic mass is 32.2. The van der Waals surface area contributed by atoms with Gasteiger partial charge in [-0.1, -0.05) is 12.1 Å². The molecule has 8 nitrogen and oxygen atoms in total. The van der Waals surface area contributed by atoms with Crippen molar-refractivity contribution in [2.45, 2.75) is 24.2 Å². The molecule has 1 aromatic carbocycles. The Balaban J connectivity index is 2.26. The van der Waals surface area contributed by atoms with Crippen LogP contribution in [0.2, 0.25) is 0 Å². The number of amides is 2. The lowest BCUT2D eigenvalue weighted by Crippen LogP contribution is -2.33. The fraction of sp³-hybridized carbons (Fsp3) is 0.467. The Hall–Kier alpha value is -1.97. The van der Waals surface area contributed by atoms with Crippen molar-refractivity contribution in [2.24, 2.45) is 5.14 Å². The summed E-state index contributed by atoms with van der Waals surface area (Å²) in [5.41, 5.74) is 0.853. The van der Waals surface area contributed by atoms with Gasteiger partial charge in [-0.2, -0.15) is 0 Å². The summed E-state index contributed by atoms with van der Waals surface area (Å²) in [5, 5.41) is 10.3. The van der Waals surface area contributed by atoms with E-state index in [9.17, 15) is 18.0 Å². The topological polar surface area (TPSA) is 128 Å². The summed E-state index contributed by atoms with van der Waals surface area (Å²) in [6.07, 6.45) is 0.988. The molecule has 0 bridgehead atoms. The van der Waals surface area contributed by atoms with E-state index >= 15 is 0 Å². The molecule has 0 aliphatic carbocycles. The van der Waals surface area contributed by atoms with Crippen molar-refractivity contribution in [1.29, 1.82) is 0 Å². The highest BCUT2D eigenvalue weighted by Crippen LogP contribution is 2.08. The van der Waals surface area contributed by atoms with Crippen LogP contribution in [-0.2, 0) is 30.8 Å². The van der Waals surface area contributed by atoms with E-state index in [-0.39, 0.29) is 23.1 Å². The van der Waals surface area contributed by atoms with E-state index in [4.69, 9.17) is 9.88 Å². The number of hydrogen-bond donors (Lipinski definition) is 3. The second kappa shape index (κ2) is 10.0. The van der Waals surface area contributed by atoms with Gasteiger partial charge in [-0.3, -0.25) is 9.59 Å². The quantitative estimate of drug-likeness (QED) is 0.385. The van der Waals surface area contributed by atoms with Crippen LogP contribution in [0.3, 0.4) is 0 Å². The second-order valence-corrected chi connectivity index (χ2v) is 6.72. The third-order valence-corrected chi connectivity index (χ3v) is 4.09. The van der Waals surface area contributed by atoms with Gasteiger partial charge >= 0.3 is 0 Å². The van der Waals surface area contributed by atoms with E-state index in [1.807, 2.05) is 0 Å². The minimum atomic E-state index is -3.70. The number of carbonyl (C=O) groups excluding carboxylic acids is 2. The number of benzene rings is 1. The highest BCUT2D eigenvalue weighted by Gasteiger charge is 2.09. The number of rotatable bonds is 10. The van der Waals surface area contributed by atoms with Crippen LogP contribution in [0.1, 0.15) is 18.4 Å². The van der Waals surface area contributed by atoms with Crippen LogP contribution in [0.5, 0.6) is 0 Å². The van der Waals surface area contributed by atoms with Gasteiger partial charge < -0.3 is 15.4 Å². The van der Waals surface area contributed by atoms with Crippen molar-refractivity contribution in [3.63, 3.8) is 0 Å². The molecular formula is C15H23N3O5S. The van der Waals surface area contributed by atoms with E-state index in [0.717, 1.165) is 5.56 Å². The van der Waals surface area contributed by atoms with Crippen LogP contribution in [0.15, 0.2) is 29.2 Å². The molecular weight excluding hydrogens is 334 g/mol. The lowest BCUT2D eigenvalue weighted by molar-refractivity contribution is -0.129. The molecule has 0 fully saturated rings. The Morgan fingerprint density at radius 2 is 1.67 bits per heavy atom. The first-order valence-electron chi connectivity index (χ1n) is 7.47. The number of nitrogens with one attached hydrogen (secondary N) is 2. The Morgan fingerprint density at radius 3 is 2.21 bits per heavy atom. The highest BCUT2D eigenvalue weighted by molar-refractivity contribution is 7.89. The molecule has 1 rings (SSSR count). The molecule has 2 amide bonds. The third-order valence-electron chi connectivity index (χ3n) is 3.16. The molecule has 0 aliphatic rings. The fourth-order valence-corrected chi connectivity index (χ4v) is 2.42. The summed E-state index contributed by atoms with van der Waals surface area (Å²) >= 11 is 0. The van der Waals surface area contributed by atoms with Crippen molar-refractivity contribution in [1.82, 2.24) is 10.6 Å². The number of nitrogens with two attached hydrogens (primary N) is 1. The molecule has 9 heteroatoms. The lowest BCUT2D eigenvalue weighted by atomic mass is 10.1. The molecule has 1 aromatic rings. The summed E-state index contributed by atoms with van der Waals surface area (Å²) in [7, 11) is -2.12. The van der Waals surface area contributed by atoms with Gasteiger partial charge in [0, 0.05) is 26.8 Å². The van der Waals surface area contributed by atoms with Gasteiger partial charge in [0.2, 0.25) is 21.8 Å². The van der Waals surface area contributed by atoms with Gasteiger partial charge in [-0.15, -0.1) is 0 Å². The zero-order valence-electron chi connectivity index (χ0n) is 13.6. The van der Waals surface area contributed by atoms with Crippen LogP contribution in [0, 0.1) is 0 Å². The number of carbonyl (C=O) groups is 2. The summed E-state index contributed by atoms with van der Waals surface area (Å²) in [6.45, 7) is 1.37. The van der Waals surface area contributed by atoms with Crippen LogP contribution in [-0.4, -0.2) is 47.0 Å². The molecule has 0 saturated carbocycles. The Morgan fingerprint density at radius 1 is 1.08 bits per heavy atom. The minimum Gasteiger partial charge on any atom is -0.385 e. The van der Waals surface area contributed by atoms with Crippen molar-refractivity contribution >= 4 is 21.8 Å². The maximum absolute atomic E-state index is 11.6. The second-order valence-electron chi connectivity index (χ2n) is 5.16. The van der Waals surface area contributed by atoms with Gasteiger partial charge in [0.1, 0.15) is 6.42 Å². The largest absolute Gasteiger partial charge is 0.385 e. The predicted octanol–water partition coefficient (Wildman–Crippen LogP) is -0.464. The molecule has 0 spiro atoms. The maximum Gasteiger partial charge on any atom is 0.238 e. The molecule has 0 unspecified atom stereocenters. The summed E-state index contributed by atoms with van der Waals surface area (Å²) < 4.78 is 27.1. The SMILES string of the molecule is COCCCNC(=O)CC(=O)NCCc1ccc(S(N)(=O)=O)cc1. The molecule has 0 saturated heterocycles. The standard InChI is InChI=1S/C15H23N3O5S/c1-23-10-2-8-17-14(19)11-15(20)18-9-7-12-3-5-13(6-4-12)24(16,21)22/h3-6H,2,7-11H2,1H3,(H,17,19)(H,18,20)(H2,16,21,22). The van der Waals surface area contributed by atoms with E-state index in [1.165, 1.54) is 12.1 Å². The van der Waals surface area contributed by atoms with Crippen molar-refractivity contribution in [2.75, 3.05) is 26.8 Å². The van der Waals surface area contributed by atoms with Gasteiger partial charge in [-0.05, 0) is 30.5 Å². The Kier molecular flexibility index (Phi) is 8.37. The number of hydrogen-bond acceptors (Lipinski definition) is 5. The minimum absolute atomic E-state index is 0.0421. The van der Waals surface area contributed by atoms with Crippen molar-refractivity contribution < 1.29 is 22.7 Å². The number of methoxy groups -OCH3 is 1. The van der Waals surface area contributed by atoms with E-state index < -0.39 is 10.0 Å². The zero-order valence-corrected chi connectivity index (χ0v) is 14.4. The summed E-state index contributed by atoms with van der Waals surface area (Å²) in [6, 6.07) is 6.10. The molecule has 4 N–H and O–H groups in total. The number of ether oxygens (including phenoxy) is 1. The van der Waals surface area contributed by atoms with Gasteiger partial charge in [0.15, 0.2) is 0 Å². The smallest absolute Gasteiger partial charge is 0.238 e. The van der Waals surface area contributed by atoms with Gasteiger partial charge in [0.25, 0.3) is 0 Å². The van der Waals surface area contributed by atoms with E-state index in [1.54, 1.807) is 19.2 Å². The molecule has 134 valence electrons. The first kappa shape index (κ1) is 20.1. The molecule has 0 aliphatic heterocycles. The zero-order chi connectivity index (χ0) is 18.0. The molecule has 0 atom stereocenters. The van der Waals surface area contributed by atoms with E-state index in [2.05, 4.69) is 10.6 Å². The van der Waals surface area contributed by atoms with Crippen LogP contribution in [0.25, 0.3) is 0 Å². The van der Waals surface area contributed by atoms with Crippen LogP contribution >= 0.6 is 0 Å². The molecule has 0 heterocycles. The lowest BCUT2D eigenvalue weighted by Gasteiger charge is -2.07. The normalized spacial score (nSPS) is 11.1. The van der Waals surface area contributed by atoms with Crippen LogP contribution < -0.4 is 15.8 Å². The Labute approximate surface area is 141 Å². The monoisotopic (exact) mass is 357 g/mol.